The first-order valence-corrected chi connectivity index (χ1v) is 6.15. The molecule has 1 heterocycles. The normalized spacial score (nSPS) is 10.0. The lowest BCUT2D eigenvalue weighted by Gasteiger charge is -2.09. The summed E-state index contributed by atoms with van der Waals surface area (Å²) in [5.41, 5.74) is 3.70. The van der Waals surface area contributed by atoms with Crippen molar-refractivity contribution < 1.29 is 4.74 Å². The summed E-state index contributed by atoms with van der Waals surface area (Å²) in [7, 11) is 0. The lowest BCUT2D eigenvalue weighted by Crippen LogP contribution is -2.14. The molecule has 2 rings (SSSR count). The quantitative estimate of drug-likeness (QED) is 0.421. The molecule has 0 radical (unpaired) electrons. The molecule has 0 atom stereocenters. The van der Waals surface area contributed by atoms with E-state index in [1.54, 1.807) is 6.07 Å². The molecule has 0 aliphatic rings. The Morgan fingerprint density at radius 2 is 1.95 bits per heavy atom. The molecule has 1 aromatic heterocycles. The Bertz CT molecular complexity index is 530. The average molecular weight is 258 g/mol. The Labute approximate surface area is 112 Å². The molecule has 5 nitrogen and oxygen atoms in total. The third-order valence-corrected chi connectivity index (χ3v) is 2.56. The third kappa shape index (κ3) is 4.15. The van der Waals surface area contributed by atoms with Crippen LogP contribution in [0.3, 0.4) is 0 Å². The Balaban J connectivity index is 1.77. The molecule has 0 bridgehead atoms. The van der Waals surface area contributed by atoms with Gasteiger partial charge >= 0.3 is 0 Å². The van der Waals surface area contributed by atoms with Crippen molar-refractivity contribution in [2.75, 3.05) is 23.9 Å². The highest BCUT2D eigenvalue weighted by Crippen LogP contribution is 2.12. The van der Waals surface area contributed by atoms with Gasteiger partial charge in [-0.15, -0.1) is 0 Å². The molecule has 5 heteroatoms. The highest BCUT2D eigenvalue weighted by Gasteiger charge is 1.97. The van der Waals surface area contributed by atoms with Crippen LogP contribution in [-0.4, -0.2) is 18.1 Å². The van der Waals surface area contributed by atoms with Gasteiger partial charge in [-0.1, -0.05) is 18.2 Å². The maximum absolute atomic E-state index is 5.63. The van der Waals surface area contributed by atoms with Crippen LogP contribution in [0.4, 0.5) is 11.6 Å². The maximum Gasteiger partial charge on any atom is 0.142 e. The Hall–Kier alpha value is -2.27. The predicted molar refractivity (Wildman–Crippen MR) is 77.2 cm³/mol. The number of pyridine rings is 1. The number of nitrogens with zero attached hydrogens (tertiary/aromatic N) is 1. The van der Waals surface area contributed by atoms with Crippen LogP contribution in [0, 0.1) is 6.92 Å². The number of hydrazine groups is 1. The second-order valence-electron chi connectivity index (χ2n) is 4.14. The number of nitrogen functional groups attached to an aromatic ring is 1. The highest BCUT2D eigenvalue weighted by atomic mass is 16.5. The van der Waals surface area contributed by atoms with Gasteiger partial charge in [0.05, 0.1) is 6.54 Å². The fourth-order valence-electron chi connectivity index (χ4n) is 1.67. The van der Waals surface area contributed by atoms with Gasteiger partial charge in [0, 0.05) is 0 Å². The van der Waals surface area contributed by atoms with Crippen molar-refractivity contribution in [2.45, 2.75) is 6.92 Å². The standard InChI is InChI=1S/C14H18N4O/c1-11-4-2-5-12(10-11)19-9-8-16-13-6-3-7-14(17-13)18-15/h2-7,10H,8-9,15H2,1H3,(H2,16,17,18). The molecule has 0 fully saturated rings. The number of hydrogen-bond donors (Lipinski definition) is 3. The van der Waals surface area contributed by atoms with Crippen LogP contribution in [0.25, 0.3) is 0 Å². The van der Waals surface area contributed by atoms with E-state index in [9.17, 15) is 0 Å². The van der Waals surface area contributed by atoms with Gasteiger partial charge < -0.3 is 15.5 Å². The Kier molecular flexibility index (Phi) is 4.58. The first-order chi connectivity index (χ1) is 9.28. The van der Waals surface area contributed by atoms with Crippen LogP contribution in [0.1, 0.15) is 5.56 Å². The van der Waals surface area contributed by atoms with Crippen molar-refractivity contribution >= 4 is 11.6 Å². The molecule has 0 aliphatic heterocycles. The van der Waals surface area contributed by atoms with E-state index in [0.717, 1.165) is 11.6 Å². The number of ether oxygens (including phenoxy) is 1. The van der Waals surface area contributed by atoms with E-state index in [1.807, 2.05) is 43.3 Å². The topological polar surface area (TPSA) is 72.2 Å². The minimum absolute atomic E-state index is 0.575. The van der Waals surface area contributed by atoms with Crippen molar-refractivity contribution in [3.8, 4) is 5.75 Å². The van der Waals surface area contributed by atoms with Crippen LogP contribution in [0.2, 0.25) is 0 Å². The summed E-state index contributed by atoms with van der Waals surface area (Å²) < 4.78 is 5.63. The predicted octanol–water partition coefficient (Wildman–Crippen LogP) is 2.17. The van der Waals surface area contributed by atoms with Crippen molar-refractivity contribution in [3.05, 3.63) is 48.0 Å². The Morgan fingerprint density at radius 1 is 1.16 bits per heavy atom. The minimum Gasteiger partial charge on any atom is -0.492 e. The monoisotopic (exact) mass is 258 g/mol. The minimum atomic E-state index is 0.575. The lowest BCUT2D eigenvalue weighted by molar-refractivity contribution is 0.332. The molecule has 100 valence electrons. The van der Waals surface area contributed by atoms with Gasteiger partial charge in [-0.25, -0.2) is 10.8 Å². The van der Waals surface area contributed by atoms with E-state index in [2.05, 4.69) is 15.7 Å². The zero-order valence-electron chi connectivity index (χ0n) is 10.9. The molecule has 0 unspecified atom stereocenters. The smallest absolute Gasteiger partial charge is 0.142 e. The summed E-state index contributed by atoms with van der Waals surface area (Å²) >= 11 is 0. The van der Waals surface area contributed by atoms with Crippen LogP contribution in [-0.2, 0) is 0 Å². The van der Waals surface area contributed by atoms with Crippen LogP contribution in [0.5, 0.6) is 5.75 Å². The summed E-state index contributed by atoms with van der Waals surface area (Å²) in [5, 5.41) is 3.17. The summed E-state index contributed by atoms with van der Waals surface area (Å²) in [4.78, 5) is 4.25. The molecule has 0 saturated heterocycles. The first kappa shape index (κ1) is 13.2. The molecule has 0 saturated carbocycles. The molecule has 19 heavy (non-hydrogen) atoms. The lowest BCUT2D eigenvalue weighted by atomic mass is 10.2. The number of benzene rings is 1. The van der Waals surface area contributed by atoms with E-state index in [-0.39, 0.29) is 0 Å². The maximum atomic E-state index is 5.63. The van der Waals surface area contributed by atoms with Gasteiger partial charge in [0.25, 0.3) is 0 Å². The zero-order chi connectivity index (χ0) is 13.5. The molecule has 1 aromatic carbocycles. The van der Waals surface area contributed by atoms with Gasteiger partial charge in [0.1, 0.15) is 24.0 Å². The number of rotatable bonds is 6. The molecule has 0 spiro atoms. The molecule has 0 aliphatic carbocycles. The van der Waals surface area contributed by atoms with E-state index in [0.29, 0.717) is 19.0 Å². The van der Waals surface area contributed by atoms with Gasteiger partial charge in [-0.05, 0) is 36.8 Å². The number of anilines is 2. The molecule has 0 amide bonds. The second kappa shape index (κ2) is 6.61. The third-order valence-electron chi connectivity index (χ3n) is 2.56. The zero-order valence-corrected chi connectivity index (χ0v) is 10.9. The SMILES string of the molecule is Cc1cccc(OCCNc2cccc(NN)n2)c1. The first-order valence-electron chi connectivity index (χ1n) is 6.15. The number of aromatic nitrogens is 1. The largest absolute Gasteiger partial charge is 0.492 e. The van der Waals surface area contributed by atoms with E-state index >= 15 is 0 Å². The van der Waals surface area contributed by atoms with Crippen LogP contribution < -0.4 is 21.3 Å². The fraction of sp³-hybridized carbons (Fsp3) is 0.214. The summed E-state index contributed by atoms with van der Waals surface area (Å²) in [6, 6.07) is 13.5. The fourth-order valence-corrected chi connectivity index (χ4v) is 1.67. The van der Waals surface area contributed by atoms with Crippen molar-refractivity contribution in [3.63, 3.8) is 0 Å². The van der Waals surface area contributed by atoms with Crippen LogP contribution >= 0.6 is 0 Å². The number of nitrogens with one attached hydrogen (secondary N) is 2. The van der Waals surface area contributed by atoms with Gasteiger partial charge in [-0.3, -0.25) is 0 Å². The van der Waals surface area contributed by atoms with Crippen molar-refractivity contribution in [2.24, 2.45) is 5.84 Å². The highest BCUT2D eigenvalue weighted by molar-refractivity contribution is 5.44. The van der Waals surface area contributed by atoms with Gasteiger partial charge in [0.15, 0.2) is 0 Å². The molecule has 4 N–H and O–H groups in total. The van der Waals surface area contributed by atoms with Crippen LogP contribution in [0.15, 0.2) is 42.5 Å². The average Bonchev–Trinajstić information content (AvgIpc) is 2.44. The second-order valence-corrected chi connectivity index (χ2v) is 4.14. The van der Waals surface area contributed by atoms with E-state index in [1.165, 1.54) is 5.56 Å². The van der Waals surface area contributed by atoms with Crippen molar-refractivity contribution in [1.29, 1.82) is 0 Å². The van der Waals surface area contributed by atoms with E-state index in [4.69, 9.17) is 10.6 Å². The molecular weight excluding hydrogens is 240 g/mol. The summed E-state index contributed by atoms with van der Waals surface area (Å²) in [5.74, 6) is 7.58. The number of nitrogens with two attached hydrogens (primary N) is 1. The van der Waals surface area contributed by atoms with E-state index < -0.39 is 0 Å². The summed E-state index contributed by atoms with van der Waals surface area (Å²) in [6.07, 6.45) is 0. The Morgan fingerprint density at radius 3 is 2.74 bits per heavy atom. The summed E-state index contributed by atoms with van der Waals surface area (Å²) in [6.45, 7) is 3.29. The molecule has 2 aromatic rings. The number of aryl methyl sites for hydroxylation is 1. The van der Waals surface area contributed by atoms with Crippen molar-refractivity contribution in [1.82, 2.24) is 4.98 Å². The van der Waals surface area contributed by atoms with Gasteiger partial charge in [-0.2, -0.15) is 0 Å². The number of hydrogen-bond acceptors (Lipinski definition) is 5. The van der Waals surface area contributed by atoms with Gasteiger partial charge in [0.2, 0.25) is 0 Å². The molecular formula is C14H18N4O.